The van der Waals surface area contributed by atoms with Crippen LogP contribution in [0.2, 0.25) is 0 Å². The van der Waals surface area contributed by atoms with Crippen molar-refractivity contribution in [1.82, 2.24) is 4.31 Å². The molecule has 0 aromatic heterocycles. The van der Waals surface area contributed by atoms with Crippen molar-refractivity contribution in [1.29, 1.82) is 0 Å². The van der Waals surface area contributed by atoms with Gasteiger partial charge in [0.2, 0.25) is 10.0 Å². The number of hydrogen-bond acceptors (Lipinski definition) is 4. The van der Waals surface area contributed by atoms with Crippen molar-refractivity contribution < 1.29 is 26.4 Å². The van der Waals surface area contributed by atoms with E-state index in [1.54, 1.807) is 19.0 Å². The molecule has 168 valence electrons. The second-order valence-electron chi connectivity index (χ2n) is 7.57. The van der Waals surface area contributed by atoms with E-state index in [1.165, 1.54) is 34.6 Å². The SMILES string of the molecule is CN(C)c1ccc(C(F)(F)F)cc1NC(=O)c1ccc(S(=O)(=O)N2CCCCC2)cc1. The third kappa shape index (κ3) is 5.19. The zero-order chi connectivity index (χ0) is 22.8. The second-order valence-corrected chi connectivity index (χ2v) is 9.51. The van der Waals surface area contributed by atoms with Crippen LogP contribution in [-0.2, 0) is 16.2 Å². The molecule has 0 unspecified atom stereocenters. The van der Waals surface area contributed by atoms with Gasteiger partial charge in [-0.15, -0.1) is 0 Å². The molecule has 0 spiro atoms. The average Bonchev–Trinajstić information content (AvgIpc) is 2.73. The van der Waals surface area contributed by atoms with Gasteiger partial charge in [-0.05, 0) is 55.3 Å². The van der Waals surface area contributed by atoms with Crippen LogP contribution in [-0.4, -0.2) is 45.8 Å². The Labute approximate surface area is 179 Å². The molecule has 1 aliphatic heterocycles. The maximum atomic E-state index is 13.1. The number of hydrogen-bond donors (Lipinski definition) is 1. The van der Waals surface area contributed by atoms with Gasteiger partial charge in [0.1, 0.15) is 0 Å². The summed E-state index contributed by atoms with van der Waals surface area (Å²) in [5, 5.41) is 2.50. The number of anilines is 2. The van der Waals surface area contributed by atoms with Gasteiger partial charge in [-0.1, -0.05) is 6.42 Å². The fourth-order valence-electron chi connectivity index (χ4n) is 3.43. The average molecular weight is 456 g/mol. The van der Waals surface area contributed by atoms with Crippen LogP contribution in [0.5, 0.6) is 0 Å². The van der Waals surface area contributed by atoms with Gasteiger partial charge in [-0.3, -0.25) is 4.79 Å². The molecule has 1 saturated heterocycles. The Kier molecular flexibility index (Phi) is 6.61. The number of benzene rings is 2. The molecule has 1 amide bonds. The summed E-state index contributed by atoms with van der Waals surface area (Å²) >= 11 is 0. The summed E-state index contributed by atoms with van der Waals surface area (Å²) in [6.45, 7) is 0.931. The first-order valence-corrected chi connectivity index (χ1v) is 11.2. The molecular weight excluding hydrogens is 431 g/mol. The third-order valence-electron chi connectivity index (χ3n) is 5.12. The van der Waals surface area contributed by atoms with Gasteiger partial charge < -0.3 is 10.2 Å². The predicted molar refractivity (Wildman–Crippen MR) is 113 cm³/mol. The van der Waals surface area contributed by atoms with Gasteiger partial charge in [0.05, 0.1) is 21.8 Å². The maximum absolute atomic E-state index is 13.1. The van der Waals surface area contributed by atoms with E-state index in [4.69, 9.17) is 0 Å². The minimum Gasteiger partial charge on any atom is -0.376 e. The van der Waals surface area contributed by atoms with E-state index in [1.807, 2.05) is 0 Å². The van der Waals surface area contributed by atoms with Gasteiger partial charge >= 0.3 is 6.18 Å². The zero-order valence-corrected chi connectivity index (χ0v) is 18.1. The molecule has 1 fully saturated rings. The molecule has 0 bridgehead atoms. The summed E-state index contributed by atoms with van der Waals surface area (Å²) in [6.07, 6.45) is -1.93. The number of alkyl halides is 3. The van der Waals surface area contributed by atoms with Crippen LogP contribution in [0, 0.1) is 0 Å². The van der Waals surface area contributed by atoms with E-state index in [-0.39, 0.29) is 16.1 Å². The fourth-order valence-corrected chi connectivity index (χ4v) is 4.95. The number of rotatable bonds is 5. The lowest BCUT2D eigenvalue weighted by molar-refractivity contribution is -0.137. The van der Waals surface area contributed by atoms with Crippen LogP contribution in [0.3, 0.4) is 0 Å². The standard InChI is InChI=1S/C21H24F3N3O3S/c1-26(2)19-11-8-16(21(22,23)24)14-18(19)25-20(28)15-6-9-17(10-7-15)31(29,30)27-12-4-3-5-13-27/h6-11,14H,3-5,12-13H2,1-2H3,(H,25,28). The number of nitrogens with zero attached hydrogens (tertiary/aromatic N) is 2. The molecule has 3 rings (SSSR count). The number of amides is 1. The molecule has 0 aliphatic carbocycles. The quantitative estimate of drug-likeness (QED) is 0.734. The van der Waals surface area contributed by atoms with Crippen molar-refractivity contribution in [2.45, 2.75) is 30.3 Å². The van der Waals surface area contributed by atoms with Crippen LogP contribution in [0.4, 0.5) is 24.5 Å². The Morgan fingerprint density at radius 1 is 1.00 bits per heavy atom. The van der Waals surface area contributed by atoms with E-state index in [0.29, 0.717) is 18.8 Å². The van der Waals surface area contributed by atoms with Crippen molar-refractivity contribution >= 4 is 27.3 Å². The van der Waals surface area contributed by atoms with Gasteiger partial charge in [-0.2, -0.15) is 17.5 Å². The van der Waals surface area contributed by atoms with Gasteiger partial charge in [-0.25, -0.2) is 8.42 Å². The summed E-state index contributed by atoms with van der Waals surface area (Å²) in [7, 11) is -0.331. The highest BCUT2D eigenvalue weighted by Gasteiger charge is 2.31. The lowest BCUT2D eigenvalue weighted by Gasteiger charge is -2.25. The highest BCUT2D eigenvalue weighted by molar-refractivity contribution is 7.89. The Balaban J connectivity index is 1.83. The predicted octanol–water partition coefficient (Wildman–Crippen LogP) is 4.20. The Hall–Kier alpha value is -2.59. The van der Waals surface area contributed by atoms with E-state index in [0.717, 1.165) is 31.4 Å². The minimum absolute atomic E-state index is 0.00911. The molecular formula is C21H24F3N3O3S. The highest BCUT2D eigenvalue weighted by Crippen LogP contribution is 2.35. The fraction of sp³-hybridized carbons (Fsp3) is 0.381. The van der Waals surface area contributed by atoms with Gasteiger partial charge in [0, 0.05) is 32.7 Å². The van der Waals surface area contributed by atoms with E-state index in [9.17, 15) is 26.4 Å². The lowest BCUT2D eigenvalue weighted by Crippen LogP contribution is -2.35. The molecule has 31 heavy (non-hydrogen) atoms. The van der Waals surface area contributed by atoms with E-state index >= 15 is 0 Å². The number of nitrogens with one attached hydrogen (secondary N) is 1. The molecule has 2 aromatic rings. The lowest BCUT2D eigenvalue weighted by atomic mass is 10.1. The Morgan fingerprint density at radius 2 is 1.61 bits per heavy atom. The topological polar surface area (TPSA) is 69.7 Å². The maximum Gasteiger partial charge on any atom is 0.416 e. The number of carbonyl (C=O) groups excluding carboxylic acids is 1. The number of carbonyl (C=O) groups is 1. The molecule has 1 aliphatic rings. The first-order valence-electron chi connectivity index (χ1n) is 9.80. The smallest absolute Gasteiger partial charge is 0.376 e. The molecule has 1 N–H and O–H groups in total. The number of sulfonamides is 1. The molecule has 0 radical (unpaired) electrons. The van der Waals surface area contributed by atoms with Crippen molar-refractivity contribution in [3.05, 3.63) is 53.6 Å². The van der Waals surface area contributed by atoms with Crippen LogP contribution in [0.15, 0.2) is 47.4 Å². The van der Waals surface area contributed by atoms with Crippen molar-refractivity contribution in [2.75, 3.05) is 37.4 Å². The van der Waals surface area contributed by atoms with Crippen molar-refractivity contribution in [3.8, 4) is 0 Å². The van der Waals surface area contributed by atoms with Crippen LogP contribution in [0.25, 0.3) is 0 Å². The van der Waals surface area contributed by atoms with E-state index in [2.05, 4.69) is 5.32 Å². The van der Waals surface area contributed by atoms with Gasteiger partial charge in [0.15, 0.2) is 0 Å². The largest absolute Gasteiger partial charge is 0.416 e. The van der Waals surface area contributed by atoms with Crippen molar-refractivity contribution in [3.63, 3.8) is 0 Å². The Bertz CT molecular complexity index is 1050. The van der Waals surface area contributed by atoms with Crippen molar-refractivity contribution in [2.24, 2.45) is 0 Å². The second kappa shape index (κ2) is 8.88. The molecule has 0 atom stereocenters. The zero-order valence-electron chi connectivity index (χ0n) is 17.2. The number of piperidine rings is 1. The summed E-state index contributed by atoms with van der Waals surface area (Å²) < 4.78 is 66.1. The van der Waals surface area contributed by atoms with Gasteiger partial charge in [0.25, 0.3) is 5.91 Å². The highest BCUT2D eigenvalue weighted by atomic mass is 32.2. The molecule has 10 heteroatoms. The normalized spacial score (nSPS) is 15.5. The molecule has 0 saturated carbocycles. The summed E-state index contributed by atoms with van der Waals surface area (Å²) in [6, 6.07) is 8.51. The monoisotopic (exact) mass is 455 g/mol. The number of halogens is 3. The molecule has 2 aromatic carbocycles. The van der Waals surface area contributed by atoms with E-state index < -0.39 is 27.7 Å². The van der Waals surface area contributed by atoms with Crippen LogP contribution in [0.1, 0.15) is 35.2 Å². The first kappa shape index (κ1) is 23.1. The van der Waals surface area contributed by atoms with Crippen LogP contribution >= 0.6 is 0 Å². The summed E-state index contributed by atoms with van der Waals surface area (Å²) in [5.74, 6) is -0.635. The summed E-state index contributed by atoms with van der Waals surface area (Å²) in [4.78, 5) is 14.3. The first-order chi connectivity index (χ1) is 14.5. The molecule has 6 nitrogen and oxygen atoms in total. The minimum atomic E-state index is -4.55. The molecule has 1 heterocycles. The summed E-state index contributed by atoms with van der Waals surface area (Å²) in [5.41, 5.74) is -0.323. The third-order valence-corrected chi connectivity index (χ3v) is 7.04. The van der Waals surface area contributed by atoms with Crippen LogP contribution < -0.4 is 10.2 Å². The Morgan fingerprint density at radius 3 is 2.16 bits per heavy atom.